The van der Waals surface area contributed by atoms with E-state index < -0.39 is 5.91 Å². The van der Waals surface area contributed by atoms with Crippen LogP contribution in [-0.2, 0) is 4.79 Å². The van der Waals surface area contributed by atoms with Crippen LogP contribution in [0.5, 0.6) is 0 Å². The average molecular weight is 410 g/mol. The number of fused-ring (bicyclic) bond motifs is 1. The highest BCUT2D eigenvalue weighted by molar-refractivity contribution is 8.45. The third kappa shape index (κ3) is 3.12. The van der Waals surface area contributed by atoms with Crippen LogP contribution in [0.15, 0.2) is 46.0 Å². The topological polar surface area (TPSA) is 73.8 Å². The van der Waals surface area contributed by atoms with Crippen molar-refractivity contribution in [2.45, 2.75) is 20.8 Å². The van der Waals surface area contributed by atoms with Gasteiger partial charge in [0, 0.05) is 17.1 Å². The molecule has 0 atom stereocenters. The Morgan fingerprint density at radius 1 is 1.18 bits per heavy atom. The Kier molecular flexibility index (Phi) is 4.76. The maximum Gasteiger partial charge on any atom is 0.283 e. The van der Waals surface area contributed by atoms with Crippen molar-refractivity contribution in [3.8, 4) is 5.69 Å². The highest BCUT2D eigenvalue weighted by Gasteiger charge is 2.35. The van der Waals surface area contributed by atoms with Gasteiger partial charge in [-0.2, -0.15) is 10.0 Å². The molecule has 1 N–H and O–H groups in total. The number of rotatable bonds is 2. The second-order valence-corrected chi connectivity index (χ2v) is 8.60. The summed E-state index contributed by atoms with van der Waals surface area (Å²) in [4.78, 5) is 16.7. The number of nitrogens with one attached hydrogen (secondary N) is 1. The van der Waals surface area contributed by atoms with Gasteiger partial charge in [0.1, 0.15) is 0 Å². The van der Waals surface area contributed by atoms with Gasteiger partial charge in [-0.15, -0.1) is 16.9 Å². The predicted molar refractivity (Wildman–Crippen MR) is 119 cm³/mol. The summed E-state index contributed by atoms with van der Waals surface area (Å²) in [6.45, 7) is 6.11. The molecule has 142 valence electrons. The fraction of sp³-hybridized carbons (Fsp3) is 0.200. The van der Waals surface area contributed by atoms with E-state index in [0.717, 1.165) is 27.0 Å². The van der Waals surface area contributed by atoms with Gasteiger partial charge < -0.3 is 4.57 Å². The van der Waals surface area contributed by atoms with Gasteiger partial charge in [0.05, 0.1) is 5.57 Å². The van der Waals surface area contributed by atoms with Gasteiger partial charge >= 0.3 is 0 Å². The number of hydrogen-bond donors (Lipinski definition) is 1. The van der Waals surface area contributed by atoms with E-state index >= 15 is 0 Å². The number of nitrogens with zero attached hydrogens (tertiary/aromatic N) is 4. The number of carbonyl (C=O) groups excluding carboxylic acids is 1. The Hall–Kier alpha value is -2.58. The summed E-state index contributed by atoms with van der Waals surface area (Å²) in [6, 6.07) is 10.3. The molecule has 0 saturated carbocycles. The van der Waals surface area contributed by atoms with Crippen molar-refractivity contribution >= 4 is 50.9 Å². The number of benzene rings is 1. The van der Waals surface area contributed by atoms with Crippen LogP contribution < -0.4 is 0 Å². The van der Waals surface area contributed by atoms with Crippen LogP contribution in [0.1, 0.15) is 22.5 Å². The molecule has 3 heterocycles. The van der Waals surface area contributed by atoms with E-state index in [9.17, 15) is 4.79 Å². The largest absolute Gasteiger partial charge is 0.318 e. The Bertz CT molecular complexity index is 1090. The maximum absolute atomic E-state index is 12.6. The lowest BCUT2D eigenvalue weighted by molar-refractivity contribution is -0.114. The first-order valence-electron chi connectivity index (χ1n) is 8.69. The van der Waals surface area contributed by atoms with Crippen LogP contribution in [0.2, 0.25) is 0 Å². The number of amides is 1. The van der Waals surface area contributed by atoms with Crippen LogP contribution in [0.25, 0.3) is 11.8 Å². The lowest BCUT2D eigenvalue weighted by Crippen LogP contribution is -2.35. The zero-order valence-corrected chi connectivity index (χ0v) is 17.6. The molecule has 28 heavy (non-hydrogen) atoms. The molecule has 4 rings (SSSR count). The number of thioether (sulfide) groups is 2. The number of aliphatic imine (C=N–C) groups is 1. The average Bonchev–Trinajstić information content (AvgIpc) is 3.20. The third-order valence-electron chi connectivity index (χ3n) is 4.67. The molecule has 0 aliphatic carbocycles. The minimum Gasteiger partial charge on any atom is -0.318 e. The van der Waals surface area contributed by atoms with Crippen molar-refractivity contribution in [2.75, 3.05) is 6.26 Å². The number of hydrazone groups is 1. The van der Waals surface area contributed by atoms with Crippen LogP contribution in [0, 0.1) is 26.2 Å². The summed E-state index contributed by atoms with van der Waals surface area (Å²) in [6.07, 6.45) is 3.65. The minimum absolute atomic E-state index is 0.0617. The molecule has 0 unspecified atom stereocenters. The Labute approximate surface area is 171 Å². The molecule has 8 heteroatoms. The normalized spacial score (nSPS) is 17.9. The molecule has 2 aromatic rings. The zero-order valence-electron chi connectivity index (χ0n) is 16.0. The lowest BCUT2D eigenvalue weighted by atomic mass is 10.1. The fourth-order valence-corrected chi connectivity index (χ4v) is 4.58. The summed E-state index contributed by atoms with van der Waals surface area (Å²) in [5.41, 5.74) is 5.49. The Morgan fingerprint density at radius 2 is 1.89 bits per heavy atom. The van der Waals surface area contributed by atoms with Gasteiger partial charge in [-0.1, -0.05) is 17.7 Å². The first-order valence-corrected chi connectivity index (χ1v) is 10.7. The highest BCUT2D eigenvalue weighted by Crippen LogP contribution is 2.32. The van der Waals surface area contributed by atoms with Crippen molar-refractivity contribution < 1.29 is 4.79 Å². The second kappa shape index (κ2) is 7.10. The van der Waals surface area contributed by atoms with Gasteiger partial charge in [-0.05, 0) is 68.6 Å². The Balaban J connectivity index is 1.75. The molecule has 6 nitrogen and oxygen atoms in total. The van der Waals surface area contributed by atoms with E-state index in [1.807, 2.05) is 26.2 Å². The minimum atomic E-state index is -0.401. The monoisotopic (exact) mass is 409 g/mol. The summed E-state index contributed by atoms with van der Waals surface area (Å²) < 4.78 is 2.92. The molecule has 0 bridgehead atoms. The van der Waals surface area contributed by atoms with Crippen molar-refractivity contribution in [3.63, 3.8) is 0 Å². The molecule has 1 aromatic heterocycles. The van der Waals surface area contributed by atoms with Crippen LogP contribution in [0.4, 0.5) is 0 Å². The van der Waals surface area contributed by atoms with Gasteiger partial charge in [-0.25, -0.2) is 0 Å². The summed E-state index contributed by atoms with van der Waals surface area (Å²) in [5, 5.41) is 14.7. The molecule has 0 fully saturated rings. The van der Waals surface area contributed by atoms with Crippen molar-refractivity contribution in [1.82, 2.24) is 9.58 Å². The number of amidine groups is 2. The lowest BCUT2D eigenvalue weighted by Gasteiger charge is -2.20. The third-order valence-corrected chi connectivity index (χ3v) is 6.56. The Morgan fingerprint density at radius 3 is 2.57 bits per heavy atom. The van der Waals surface area contributed by atoms with Gasteiger partial charge in [0.25, 0.3) is 5.91 Å². The van der Waals surface area contributed by atoms with Crippen molar-refractivity contribution in [2.24, 2.45) is 10.1 Å². The summed E-state index contributed by atoms with van der Waals surface area (Å²) in [7, 11) is 0. The molecule has 2 aliphatic rings. The number of aryl methyl sites for hydroxylation is 2. The smallest absolute Gasteiger partial charge is 0.283 e. The maximum atomic E-state index is 12.6. The van der Waals surface area contributed by atoms with Crippen molar-refractivity contribution in [1.29, 1.82) is 5.41 Å². The molecular formula is C20H19N5OS2. The van der Waals surface area contributed by atoms with E-state index in [0.29, 0.717) is 5.17 Å². The van der Waals surface area contributed by atoms with Crippen LogP contribution in [0.3, 0.4) is 0 Å². The summed E-state index contributed by atoms with van der Waals surface area (Å²) >= 11 is 2.79. The van der Waals surface area contributed by atoms with Gasteiger partial charge in [-0.3, -0.25) is 10.2 Å². The van der Waals surface area contributed by atoms with E-state index in [2.05, 4.69) is 45.9 Å². The molecule has 0 spiro atoms. The zero-order chi connectivity index (χ0) is 20.0. The quantitative estimate of drug-likeness (QED) is 0.749. The number of carbonyl (C=O) groups is 1. The van der Waals surface area contributed by atoms with E-state index in [1.165, 1.54) is 34.1 Å². The first kappa shape index (κ1) is 18.8. The molecule has 1 amide bonds. The standard InChI is InChI=1S/C20H19N5OS2/c1-11-5-7-15(8-6-11)24-12(2)9-14(13(24)3)10-16-17(21)25-19(22-18(16)26)28-20(23-25)27-4/h5-10,21H,1-4H3/b16-10+,21-17?. The highest BCUT2D eigenvalue weighted by atomic mass is 32.2. The van der Waals surface area contributed by atoms with Gasteiger partial charge in [0.2, 0.25) is 5.17 Å². The van der Waals surface area contributed by atoms with Gasteiger partial charge in [0.15, 0.2) is 10.2 Å². The molecular weight excluding hydrogens is 390 g/mol. The van der Waals surface area contributed by atoms with E-state index in [4.69, 9.17) is 5.41 Å². The fourth-order valence-electron chi connectivity index (χ4n) is 3.24. The molecule has 2 aliphatic heterocycles. The van der Waals surface area contributed by atoms with Crippen LogP contribution >= 0.6 is 23.5 Å². The molecule has 0 saturated heterocycles. The van der Waals surface area contributed by atoms with E-state index in [-0.39, 0.29) is 11.4 Å². The van der Waals surface area contributed by atoms with Crippen LogP contribution in [-0.4, -0.2) is 37.1 Å². The predicted octanol–water partition coefficient (Wildman–Crippen LogP) is 4.34. The number of aromatic nitrogens is 1. The summed E-state index contributed by atoms with van der Waals surface area (Å²) in [5.74, 6) is -0.340. The second-order valence-electron chi connectivity index (χ2n) is 6.59. The number of hydrogen-bond acceptors (Lipinski definition) is 5. The van der Waals surface area contributed by atoms with E-state index in [1.54, 1.807) is 6.08 Å². The first-order chi connectivity index (χ1) is 13.4. The molecule has 1 aromatic carbocycles. The molecule has 0 radical (unpaired) electrons. The SMILES string of the molecule is CSC1=NN2C(=N)/C(=C\c3cc(C)n(-c4ccc(C)cc4)c3C)C(=O)N=C2S1. The van der Waals surface area contributed by atoms with Crippen molar-refractivity contribution in [3.05, 3.63) is 58.4 Å².